The van der Waals surface area contributed by atoms with Gasteiger partial charge in [0, 0.05) is 18.5 Å². The smallest absolute Gasteiger partial charge is 0.388 e. The van der Waals surface area contributed by atoms with Crippen molar-refractivity contribution in [2.45, 2.75) is 13.2 Å². The first-order valence-electron chi connectivity index (χ1n) is 7.53. The Morgan fingerprint density at radius 1 is 1.31 bits per heavy atom. The molecule has 0 spiro atoms. The molecule has 9 nitrogen and oxygen atoms in total. The number of anilines is 2. The fourth-order valence-corrected chi connectivity index (χ4v) is 2.39. The molecular formula is C15H12F2N8O. The van der Waals surface area contributed by atoms with Gasteiger partial charge in [0.1, 0.15) is 11.3 Å². The van der Waals surface area contributed by atoms with Crippen LogP contribution in [-0.2, 0) is 6.54 Å². The van der Waals surface area contributed by atoms with Crippen molar-refractivity contribution >= 4 is 22.8 Å². The van der Waals surface area contributed by atoms with Crippen LogP contribution in [-0.4, -0.2) is 41.5 Å². The van der Waals surface area contributed by atoms with Crippen molar-refractivity contribution in [3.63, 3.8) is 0 Å². The van der Waals surface area contributed by atoms with Gasteiger partial charge in [-0.05, 0) is 18.2 Å². The first kappa shape index (κ1) is 15.9. The lowest BCUT2D eigenvalue weighted by molar-refractivity contribution is -0.0528. The van der Waals surface area contributed by atoms with E-state index in [-0.39, 0.29) is 5.88 Å². The van der Waals surface area contributed by atoms with Crippen LogP contribution in [0.2, 0.25) is 0 Å². The van der Waals surface area contributed by atoms with Crippen LogP contribution in [0.4, 0.5) is 20.4 Å². The monoisotopic (exact) mass is 358 g/mol. The molecule has 2 N–H and O–H groups in total. The molecule has 0 aromatic carbocycles. The van der Waals surface area contributed by atoms with E-state index in [1.807, 2.05) is 29.0 Å². The quantitative estimate of drug-likeness (QED) is 0.545. The Kier molecular flexibility index (Phi) is 4.09. The molecule has 0 aliphatic carbocycles. The Labute approximate surface area is 145 Å². The minimum Gasteiger partial charge on any atom is -0.415 e. The lowest BCUT2D eigenvalue weighted by atomic mass is 10.4. The van der Waals surface area contributed by atoms with Crippen LogP contribution in [0.3, 0.4) is 0 Å². The molecule has 0 atom stereocenters. The van der Waals surface area contributed by atoms with Crippen molar-refractivity contribution in [1.82, 2.24) is 34.9 Å². The maximum Gasteiger partial charge on any atom is 0.388 e. The molecule has 4 heterocycles. The third-order valence-electron chi connectivity index (χ3n) is 3.45. The third-order valence-corrected chi connectivity index (χ3v) is 3.45. The largest absolute Gasteiger partial charge is 0.415 e. The van der Waals surface area contributed by atoms with Gasteiger partial charge in [-0.1, -0.05) is 0 Å². The lowest BCUT2D eigenvalue weighted by Gasteiger charge is -2.05. The lowest BCUT2D eigenvalue weighted by Crippen LogP contribution is -2.03. The second-order valence-electron chi connectivity index (χ2n) is 5.25. The van der Waals surface area contributed by atoms with Crippen molar-refractivity contribution in [2.75, 3.05) is 5.32 Å². The predicted octanol–water partition coefficient (Wildman–Crippen LogP) is 2.34. The van der Waals surface area contributed by atoms with Gasteiger partial charge in [0.15, 0.2) is 11.5 Å². The summed E-state index contributed by atoms with van der Waals surface area (Å²) in [6.07, 6.45) is 4.99. The van der Waals surface area contributed by atoms with Crippen molar-refractivity contribution < 1.29 is 13.5 Å². The summed E-state index contributed by atoms with van der Waals surface area (Å²) in [7, 11) is 0. The average molecular weight is 358 g/mol. The van der Waals surface area contributed by atoms with E-state index in [0.29, 0.717) is 29.3 Å². The van der Waals surface area contributed by atoms with E-state index in [4.69, 9.17) is 0 Å². The Bertz CT molecular complexity index is 1020. The number of H-pyrrole nitrogens is 1. The second-order valence-corrected chi connectivity index (χ2v) is 5.25. The van der Waals surface area contributed by atoms with E-state index in [1.54, 1.807) is 6.20 Å². The van der Waals surface area contributed by atoms with Crippen LogP contribution in [0, 0.1) is 0 Å². The van der Waals surface area contributed by atoms with Crippen LogP contribution in [0.25, 0.3) is 11.2 Å². The predicted molar refractivity (Wildman–Crippen MR) is 87.2 cm³/mol. The summed E-state index contributed by atoms with van der Waals surface area (Å²) in [6, 6.07) is 6.82. The summed E-state index contributed by atoms with van der Waals surface area (Å²) in [5.74, 6) is 0.549. The summed E-state index contributed by atoms with van der Waals surface area (Å²) >= 11 is 0. The number of hydrogen-bond donors (Lipinski definition) is 2. The summed E-state index contributed by atoms with van der Waals surface area (Å²) in [4.78, 5) is 8.83. The standard InChI is InChI=1S/C15H12F2N8O/c16-15(17)26-13-6-11(23-24-13)20-12-7-18-10-3-5-25(14(10)21-12)8-9-2-1-4-19-22-9/h1-7,15H,8H2,(H2,20,21,23,24). The highest BCUT2D eigenvalue weighted by Crippen LogP contribution is 2.20. The molecule has 4 aromatic rings. The maximum absolute atomic E-state index is 12.2. The zero-order valence-corrected chi connectivity index (χ0v) is 13.2. The van der Waals surface area contributed by atoms with Gasteiger partial charge < -0.3 is 14.6 Å². The Morgan fingerprint density at radius 3 is 3.04 bits per heavy atom. The fourth-order valence-electron chi connectivity index (χ4n) is 2.39. The second kappa shape index (κ2) is 6.70. The first-order valence-corrected chi connectivity index (χ1v) is 7.53. The number of aromatic nitrogens is 7. The molecule has 0 aliphatic rings. The van der Waals surface area contributed by atoms with E-state index in [0.717, 1.165) is 5.69 Å². The average Bonchev–Trinajstić information content (AvgIpc) is 3.22. The molecule has 0 saturated carbocycles. The Morgan fingerprint density at radius 2 is 2.23 bits per heavy atom. The molecule has 4 aromatic heterocycles. The molecular weight excluding hydrogens is 346 g/mol. The van der Waals surface area contributed by atoms with Gasteiger partial charge >= 0.3 is 6.61 Å². The van der Waals surface area contributed by atoms with Gasteiger partial charge in [-0.25, -0.2) is 9.97 Å². The van der Waals surface area contributed by atoms with Crippen LogP contribution in [0.1, 0.15) is 5.69 Å². The zero-order chi connectivity index (χ0) is 17.9. The van der Waals surface area contributed by atoms with Crippen LogP contribution in [0.15, 0.2) is 42.9 Å². The molecule has 0 saturated heterocycles. The van der Waals surface area contributed by atoms with Gasteiger partial charge in [0.25, 0.3) is 0 Å². The molecule has 0 radical (unpaired) electrons. The van der Waals surface area contributed by atoms with E-state index in [2.05, 4.69) is 40.4 Å². The molecule has 4 rings (SSSR count). The molecule has 0 fully saturated rings. The number of rotatable bonds is 6. The highest BCUT2D eigenvalue weighted by atomic mass is 19.3. The maximum atomic E-state index is 12.2. The number of hydrogen-bond acceptors (Lipinski definition) is 7. The van der Waals surface area contributed by atoms with E-state index >= 15 is 0 Å². The highest BCUT2D eigenvalue weighted by molar-refractivity contribution is 5.73. The summed E-state index contributed by atoms with van der Waals surface area (Å²) in [5.41, 5.74) is 2.14. The fraction of sp³-hybridized carbons (Fsp3) is 0.133. The Hall–Kier alpha value is -3.63. The van der Waals surface area contributed by atoms with E-state index in [1.165, 1.54) is 12.3 Å². The van der Waals surface area contributed by atoms with E-state index in [9.17, 15) is 8.78 Å². The molecule has 132 valence electrons. The van der Waals surface area contributed by atoms with Crippen LogP contribution < -0.4 is 10.1 Å². The van der Waals surface area contributed by atoms with Crippen molar-refractivity contribution in [3.8, 4) is 5.88 Å². The summed E-state index contributed by atoms with van der Waals surface area (Å²) < 4.78 is 30.5. The molecule has 26 heavy (non-hydrogen) atoms. The summed E-state index contributed by atoms with van der Waals surface area (Å²) in [6.45, 7) is -2.45. The number of alkyl halides is 2. The minimum atomic E-state index is -2.94. The normalized spacial score (nSPS) is 11.2. The molecule has 0 bridgehead atoms. The van der Waals surface area contributed by atoms with Gasteiger partial charge in [0.2, 0.25) is 5.88 Å². The SMILES string of the molecule is FC(F)Oc1cc(Nc2cnc3ccn(Cc4cccnn4)c3n2)[nH]n1. The number of fused-ring (bicyclic) bond motifs is 1. The Balaban J connectivity index is 1.57. The molecule has 11 heteroatoms. The number of halogens is 2. The van der Waals surface area contributed by atoms with Crippen molar-refractivity contribution in [1.29, 1.82) is 0 Å². The van der Waals surface area contributed by atoms with Gasteiger partial charge in [-0.3, -0.25) is 5.10 Å². The first-order chi connectivity index (χ1) is 12.7. The molecule has 0 aliphatic heterocycles. The minimum absolute atomic E-state index is 0.220. The highest BCUT2D eigenvalue weighted by Gasteiger charge is 2.10. The van der Waals surface area contributed by atoms with E-state index < -0.39 is 6.61 Å². The van der Waals surface area contributed by atoms with Crippen molar-refractivity contribution in [3.05, 3.63) is 48.5 Å². The number of ether oxygens (including phenoxy) is 1. The molecule has 0 unspecified atom stereocenters. The van der Waals surface area contributed by atoms with Crippen LogP contribution in [0.5, 0.6) is 5.88 Å². The number of aromatic amines is 1. The van der Waals surface area contributed by atoms with Gasteiger partial charge in [-0.15, -0.1) is 5.10 Å². The topological polar surface area (TPSA) is 106 Å². The molecule has 0 amide bonds. The van der Waals surface area contributed by atoms with Crippen molar-refractivity contribution in [2.24, 2.45) is 0 Å². The number of nitrogens with zero attached hydrogens (tertiary/aromatic N) is 6. The summed E-state index contributed by atoms with van der Waals surface area (Å²) in [5, 5.41) is 17.0. The third kappa shape index (κ3) is 3.41. The van der Waals surface area contributed by atoms with Gasteiger partial charge in [-0.2, -0.15) is 19.0 Å². The van der Waals surface area contributed by atoms with Gasteiger partial charge in [0.05, 0.1) is 18.4 Å². The zero-order valence-electron chi connectivity index (χ0n) is 13.2. The van der Waals surface area contributed by atoms with Crippen LogP contribution >= 0.6 is 0 Å². The number of nitrogens with one attached hydrogen (secondary N) is 2.